The Morgan fingerprint density at radius 3 is 2.83 bits per heavy atom. The van der Waals surface area contributed by atoms with Gasteiger partial charge in [0.05, 0.1) is 13.0 Å². The van der Waals surface area contributed by atoms with Crippen molar-refractivity contribution in [1.82, 2.24) is 10.5 Å². The summed E-state index contributed by atoms with van der Waals surface area (Å²) < 4.78 is 16.7. The van der Waals surface area contributed by atoms with Crippen molar-refractivity contribution in [3.05, 3.63) is 54.2 Å². The van der Waals surface area contributed by atoms with E-state index in [0.29, 0.717) is 30.2 Å². The number of hydrogen-bond donors (Lipinski definition) is 1. The molecule has 1 aliphatic rings. The van der Waals surface area contributed by atoms with Crippen LogP contribution in [0.2, 0.25) is 0 Å². The second kappa shape index (κ2) is 6.23. The summed E-state index contributed by atoms with van der Waals surface area (Å²) >= 11 is 0. The van der Waals surface area contributed by atoms with Crippen LogP contribution in [0.1, 0.15) is 5.69 Å². The summed E-state index contributed by atoms with van der Waals surface area (Å²) in [7, 11) is 0. The van der Waals surface area contributed by atoms with Gasteiger partial charge in [-0.3, -0.25) is 4.79 Å². The zero-order valence-electron chi connectivity index (χ0n) is 12.9. The molecule has 0 aliphatic carbocycles. The van der Waals surface area contributed by atoms with Gasteiger partial charge < -0.3 is 19.3 Å². The quantitative estimate of drug-likeness (QED) is 0.797. The van der Waals surface area contributed by atoms with Gasteiger partial charge >= 0.3 is 0 Å². The van der Waals surface area contributed by atoms with Gasteiger partial charge in [-0.05, 0) is 24.3 Å². The molecule has 0 saturated carbocycles. The first-order valence-electron chi connectivity index (χ1n) is 7.78. The number of carbonyl (C=O) groups excluding carboxylic acids is 1. The predicted octanol–water partition coefficient (Wildman–Crippen LogP) is 2.33. The van der Waals surface area contributed by atoms with E-state index in [1.807, 2.05) is 48.5 Å². The molecule has 122 valence electrons. The molecule has 1 amide bonds. The van der Waals surface area contributed by atoms with E-state index in [1.54, 1.807) is 0 Å². The van der Waals surface area contributed by atoms with Gasteiger partial charge in [0.2, 0.25) is 5.91 Å². The Balaban J connectivity index is 1.34. The van der Waals surface area contributed by atoms with Gasteiger partial charge in [-0.25, -0.2) is 0 Å². The van der Waals surface area contributed by atoms with Crippen LogP contribution in [-0.2, 0) is 11.2 Å². The van der Waals surface area contributed by atoms with Crippen LogP contribution >= 0.6 is 0 Å². The van der Waals surface area contributed by atoms with Crippen LogP contribution in [0.15, 0.2) is 53.1 Å². The van der Waals surface area contributed by atoms with Crippen molar-refractivity contribution in [1.29, 1.82) is 0 Å². The number of fused-ring (bicyclic) bond motifs is 2. The Kier molecular flexibility index (Phi) is 3.78. The van der Waals surface area contributed by atoms with Gasteiger partial charge in [-0.1, -0.05) is 29.4 Å². The highest BCUT2D eigenvalue weighted by atomic mass is 16.6. The summed E-state index contributed by atoms with van der Waals surface area (Å²) in [5.41, 5.74) is 1.31. The van der Waals surface area contributed by atoms with Crippen molar-refractivity contribution < 1.29 is 18.8 Å². The molecular weight excluding hydrogens is 308 g/mol. The Labute approximate surface area is 138 Å². The minimum atomic E-state index is -0.210. The van der Waals surface area contributed by atoms with E-state index in [-0.39, 0.29) is 18.4 Å². The molecule has 1 aromatic heterocycles. The maximum absolute atomic E-state index is 12.2. The summed E-state index contributed by atoms with van der Waals surface area (Å²) in [6.45, 7) is 0.785. The third kappa shape index (κ3) is 2.90. The molecule has 6 heteroatoms. The molecule has 1 atom stereocenters. The second-order valence-electron chi connectivity index (χ2n) is 5.60. The molecule has 0 fully saturated rings. The van der Waals surface area contributed by atoms with Crippen LogP contribution in [0.3, 0.4) is 0 Å². The third-order valence-corrected chi connectivity index (χ3v) is 3.87. The van der Waals surface area contributed by atoms with Crippen molar-refractivity contribution in [3.8, 4) is 11.5 Å². The smallest absolute Gasteiger partial charge is 0.226 e. The topological polar surface area (TPSA) is 73.6 Å². The lowest BCUT2D eigenvalue weighted by Gasteiger charge is -2.26. The molecule has 3 aromatic rings. The Morgan fingerprint density at radius 1 is 1.12 bits per heavy atom. The van der Waals surface area contributed by atoms with Gasteiger partial charge in [0, 0.05) is 5.39 Å². The van der Waals surface area contributed by atoms with E-state index in [9.17, 15) is 4.79 Å². The van der Waals surface area contributed by atoms with Gasteiger partial charge in [0.1, 0.15) is 18.4 Å². The third-order valence-electron chi connectivity index (χ3n) is 3.87. The standard InChI is InChI=1S/C18H16N2O4/c21-18(9-14-13-5-1-2-6-15(13)24-20-14)19-10-12-11-22-16-7-3-4-8-17(16)23-12/h1-8,12H,9-11H2,(H,19,21)/t12-/m0/s1. The number of aromatic nitrogens is 1. The molecule has 24 heavy (non-hydrogen) atoms. The number of benzene rings is 2. The molecule has 2 aromatic carbocycles. The van der Waals surface area contributed by atoms with E-state index in [4.69, 9.17) is 14.0 Å². The number of nitrogens with one attached hydrogen (secondary N) is 1. The summed E-state index contributed by atoms with van der Waals surface area (Å²) in [4.78, 5) is 12.2. The minimum absolute atomic E-state index is 0.128. The van der Waals surface area contributed by atoms with E-state index >= 15 is 0 Å². The first-order valence-corrected chi connectivity index (χ1v) is 7.78. The lowest BCUT2D eigenvalue weighted by atomic mass is 10.1. The van der Waals surface area contributed by atoms with Crippen molar-refractivity contribution >= 4 is 16.9 Å². The van der Waals surface area contributed by atoms with Gasteiger partial charge in [-0.15, -0.1) is 0 Å². The van der Waals surface area contributed by atoms with Crippen molar-refractivity contribution in [2.24, 2.45) is 0 Å². The summed E-state index contributed by atoms with van der Waals surface area (Å²) in [6.07, 6.45) is -0.0424. The minimum Gasteiger partial charge on any atom is -0.486 e. The summed E-state index contributed by atoms with van der Waals surface area (Å²) in [5.74, 6) is 1.30. The normalized spacial score (nSPS) is 16.1. The lowest BCUT2D eigenvalue weighted by Crippen LogP contribution is -2.41. The molecule has 2 heterocycles. The Bertz CT molecular complexity index is 874. The molecule has 0 radical (unpaired) electrons. The highest BCUT2D eigenvalue weighted by molar-refractivity contribution is 5.86. The highest BCUT2D eigenvalue weighted by Crippen LogP contribution is 2.30. The van der Waals surface area contributed by atoms with Crippen LogP contribution in [0.25, 0.3) is 11.0 Å². The number of carbonyl (C=O) groups is 1. The lowest BCUT2D eigenvalue weighted by molar-refractivity contribution is -0.121. The monoisotopic (exact) mass is 324 g/mol. The van der Waals surface area contributed by atoms with Gasteiger partial charge in [0.15, 0.2) is 17.1 Å². The average molecular weight is 324 g/mol. The van der Waals surface area contributed by atoms with Gasteiger partial charge in [-0.2, -0.15) is 0 Å². The molecule has 1 N–H and O–H groups in total. The van der Waals surface area contributed by atoms with Crippen LogP contribution in [0.5, 0.6) is 11.5 Å². The van der Waals surface area contributed by atoms with E-state index in [2.05, 4.69) is 10.5 Å². The van der Waals surface area contributed by atoms with Crippen molar-refractivity contribution in [2.75, 3.05) is 13.2 Å². The maximum Gasteiger partial charge on any atom is 0.226 e. The SMILES string of the molecule is O=C(Cc1noc2ccccc12)NC[C@H]1COc2ccccc2O1. The molecule has 4 rings (SSSR count). The molecule has 1 aliphatic heterocycles. The largest absolute Gasteiger partial charge is 0.486 e. The van der Waals surface area contributed by atoms with Crippen molar-refractivity contribution in [2.45, 2.75) is 12.5 Å². The Hall–Kier alpha value is -3.02. The summed E-state index contributed by atoms with van der Waals surface area (Å²) in [5, 5.41) is 7.69. The van der Waals surface area contributed by atoms with Crippen molar-refractivity contribution in [3.63, 3.8) is 0 Å². The van der Waals surface area contributed by atoms with E-state index in [1.165, 1.54) is 0 Å². The number of rotatable bonds is 4. The predicted molar refractivity (Wildman–Crippen MR) is 87.1 cm³/mol. The van der Waals surface area contributed by atoms with Crippen LogP contribution in [0.4, 0.5) is 0 Å². The molecule has 0 unspecified atom stereocenters. The Morgan fingerprint density at radius 2 is 1.92 bits per heavy atom. The van der Waals surface area contributed by atoms with E-state index < -0.39 is 0 Å². The zero-order valence-corrected chi connectivity index (χ0v) is 12.9. The maximum atomic E-state index is 12.2. The highest BCUT2D eigenvalue weighted by Gasteiger charge is 2.21. The number of ether oxygens (including phenoxy) is 2. The fourth-order valence-corrected chi connectivity index (χ4v) is 2.67. The van der Waals surface area contributed by atoms with E-state index in [0.717, 1.165) is 11.1 Å². The number of para-hydroxylation sites is 3. The fraction of sp³-hybridized carbons (Fsp3) is 0.222. The first kappa shape index (κ1) is 14.6. The number of amides is 1. The molecular formula is C18H16N2O4. The van der Waals surface area contributed by atoms with Crippen LogP contribution in [-0.4, -0.2) is 30.3 Å². The molecule has 6 nitrogen and oxygen atoms in total. The van der Waals surface area contributed by atoms with Crippen LogP contribution in [0, 0.1) is 0 Å². The van der Waals surface area contributed by atoms with Gasteiger partial charge in [0.25, 0.3) is 0 Å². The first-order chi connectivity index (χ1) is 11.8. The number of hydrogen-bond acceptors (Lipinski definition) is 5. The molecule has 0 saturated heterocycles. The molecule has 0 spiro atoms. The number of nitrogens with zero attached hydrogens (tertiary/aromatic N) is 1. The molecule has 0 bridgehead atoms. The summed E-state index contributed by atoms with van der Waals surface area (Å²) in [6, 6.07) is 15.0. The zero-order chi connectivity index (χ0) is 16.4. The average Bonchev–Trinajstić information content (AvgIpc) is 3.03. The second-order valence-corrected chi connectivity index (χ2v) is 5.60. The van der Waals surface area contributed by atoms with Crippen LogP contribution < -0.4 is 14.8 Å². The fourth-order valence-electron chi connectivity index (χ4n) is 2.67.